The van der Waals surface area contributed by atoms with Crippen LogP contribution in [0.25, 0.3) is 0 Å². The summed E-state index contributed by atoms with van der Waals surface area (Å²) in [7, 11) is -3.60. The van der Waals surface area contributed by atoms with Gasteiger partial charge in [-0.25, -0.2) is 12.8 Å². The van der Waals surface area contributed by atoms with E-state index in [0.717, 1.165) is 6.26 Å². The molecule has 4 rings (SSSR count). The average Bonchev–Trinajstić information content (AvgIpc) is 2.78. The van der Waals surface area contributed by atoms with E-state index in [-0.39, 0.29) is 12.5 Å². The smallest absolute Gasteiger partial charge is 0.255 e. The quantitative estimate of drug-likeness (QED) is 0.610. The summed E-state index contributed by atoms with van der Waals surface area (Å²) in [4.78, 5) is 12.6. The number of rotatable bonds is 6. The van der Waals surface area contributed by atoms with Crippen molar-refractivity contribution in [2.45, 2.75) is 6.54 Å². The lowest BCUT2D eigenvalue weighted by Gasteiger charge is -2.23. The van der Waals surface area contributed by atoms with Gasteiger partial charge >= 0.3 is 0 Å². The Labute approximate surface area is 185 Å². The Balaban J connectivity index is 1.50. The van der Waals surface area contributed by atoms with Crippen molar-refractivity contribution in [3.63, 3.8) is 0 Å². The van der Waals surface area contributed by atoms with Crippen molar-refractivity contribution in [3.05, 3.63) is 83.7 Å². The molecule has 7 nitrogen and oxygen atoms in total. The summed E-state index contributed by atoms with van der Waals surface area (Å²) in [6, 6.07) is 17.0. The van der Waals surface area contributed by atoms with Crippen molar-refractivity contribution in [2.24, 2.45) is 0 Å². The fourth-order valence-electron chi connectivity index (χ4n) is 3.26. The Bertz CT molecular complexity index is 1230. The molecule has 3 aromatic carbocycles. The minimum absolute atomic E-state index is 0.0435. The molecule has 1 amide bonds. The van der Waals surface area contributed by atoms with Gasteiger partial charge in [0.1, 0.15) is 19.0 Å². The van der Waals surface area contributed by atoms with Gasteiger partial charge in [0, 0.05) is 17.3 Å². The van der Waals surface area contributed by atoms with Gasteiger partial charge < -0.3 is 14.8 Å². The highest BCUT2D eigenvalue weighted by Gasteiger charge is 2.19. The van der Waals surface area contributed by atoms with Crippen molar-refractivity contribution in [1.82, 2.24) is 0 Å². The number of amides is 1. The normalized spacial score (nSPS) is 12.8. The summed E-state index contributed by atoms with van der Waals surface area (Å²) in [5.41, 5.74) is 1.95. The van der Waals surface area contributed by atoms with E-state index in [1.54, 1.807) is 42.5 Å². The molecular weight excluding hydrogens is 435 g/mol. The van der Waals surface area contributed by atoms with Crippen LogP contribution < -0.4 is 19.1 Å². The molecule has 0 fully saturated rings. The first-order chi connectivity index (χ1) is 15.3. The number of hydrogen-bond acceptors (Lipinski definition) is 5. The minimum Gasteiger partial charge on any atom is -0.486 e. The Hall–Kier alpha value is -3.59. The second-order valence-corrected chi connectivity index (χ2v) is 9.16. The Kier molecular flexibility index (Phi) is 6.00. The number of carbonyl (C=O) groups is 1. The van der Waals surface area contributed by atoms with E-state index < -0.39 is 15.8 Å². The molecule has 0 spiro atoms. The number of benzene rings is 3. The summed E-state index contributed by atoms with van der Waals surface area (Å²) >= 11 is 0. The second kappa shape index (κ2) is 8.88. The molecule has 1 heterocycles. The van der Waals surface area contributed by atoms with Crippen LogP contribution in [0.1, 0.15) is 15.9 Å². The summed E-state index contributed by atoms with van der Waals surface area (Å²) in [6.07, 6.45) is 1.10. The number of ether oxygens (including phenoxy) is 2. The van der Waals surface area contributed by atoms with Gasteiger partial charge in [0.25, 0.3) is 5.91 Å². The number of sulfonamides is 1. The maximum absolute atomic E-state index is 13.2. The zero-order valence-corrected chi connectivity index (χ0v) is 18.1. The Morgan fingerprint density at radius 3 is 2.28 bits per heavy atom. The molecule has 166 valence electrons. The van der Waals surface area contributed by atoms with E-state index in [9.17, 15) is 17.6 Å². The highest BCUT2D eigenvalue weighted by atomic mass is 32.2. The molecule has 1 N–H and O–H groups in total. The third kappa shape index (κ3) is 5.00. The van der Waals surface area contributed by atoms with E-state index in [4.69, 9.17) is 9.47 Å². The van der Waals surface area contributed by atoms with Crippen molar-refractivity contribution in [3.8, 4) is 11.5 Å². The largest absolute Gasteiger partial charge is 0.486 e. The first-order valence-electron chi connectivity index (χ1n) is 9.83. The van der Waals surface area contributed by atoms with Gasteiger partial charge in [0.05, 0.1) is 18.5 Å². The average molecular weight is 456 g/mol. The molecule has 0 bridgehead atoms. The maximum Gasteiger partial charge on any atom is 0.255 e. The molecule has 1 aliphatic heterocycles. The molecule has 3 aromatic rings. The lowest BCUT2D eigenvalue weighted by molar-refractivity contribution is 0.102. The van der Waals surface area contributed by atoms with Crippen molar-refractivity contribution < 1.29 is 27.1 Å². The van der Waals surface area contributed by atoms with Gasteiger partial charge in [-0.15, -0.1) is 0 Å². The fourth-order valence-corrected chi connectivity index (χ4v) is 4.15. The lowest BCUT2D eigenvalue weighted by atomic mass is 10.1. The summed E-state index contributed by atoms with van der Waals surface area (Å²) in [5.74, 6) is 0.445. The number of halogens is 1. The zero-order chi connectivity index (χ0) is 22.7. The molecule has 0 aromatic heterocycles. The van der Waals surface area contributed by atoms with Crippen LogP contribution in [-0.4, -0.2) is 33.8 Å². The van der Waals surface area contributed by atoms with Crippen LogP contribution in [0.5, 0.6) is 11.5 Å². The molecule has 0 radical (unpaired) electrons. The molecule has 0 saturated heterocycles. The molecule has 32 heavy (non-hydrogen) atoms. The molecule has 0 atom stereocenters. The maximum atomic E-state index is 13.2. The third-order valence-corrected chi connectivity index (χ3v) is 6.00. The molecule has 0 unspecified atom stereocenters. The van der Waals surface area contributed by atoms with Crippen LogP contribution in [0.2, 0.25) is 0 Å². The van der Waals surface area contributed by atoms with Crippen LogP contribution in [0, 0.1) is 5.82 Å². The third-order valence-electron chi connectivity index (χ3n) is 4.86. The van der Waals surface area contributed by atoms with E-state index in [2.05, 4.69) is 5.32 Å². The number of fused-ring (bicyclic) bond motifs is 1. The van der Waals surface area contributed by atoms with E-state index in [0.29, 0.717) is 47.2 Å². The number of carbonyl (C=O) groups excluding carboxylic acids is 1. The SMILES string of the molecule is CS(=O)(=O)N(Cc1ccc(F)cc1)c1ccc(C(=O)Nc2ccc3c(c2)OCCO3)cc1. The Morgan fingerprint density at radius 1 is 0.969 bits per heavy atom. The molecule has 9 heteroatoms. The monoisotopic (exact) mass is 456 g/mol. The topological polar surface area (TPSA) is 84.9 Å². The second-order valence-electron chi connectivity index (χ2n) is 7.26. The van der Waals surface area contributed by atoms with Crippen LogP contribution in [-0.2, 0) is 16.6 Å². The first-order valence-corrected chi connectivity index (χ1v) is 11.7. The van der Waals surface area contributed by atoms with E-state index >= 15 is 0 Å². The van der Waals surface area contributed by atoms with Crippen LogP contribution in [0.15, 0.2) is 66.7 Å². The molecule has 1 aliphatic rings. The summed E-state index contributed by atoms with van der Waals surface area (Å²) < 4.78 is 50.0. The molecular formula is C23H21FN2O5S. The van der Waals surface area contributed by atoms with Crippen LogP contribution in [0.3, 0.4) is 0 Å². The van der Waals surface area contributed by atoms with Gasteiger partial charge in [0.15, 0.2) is 11.5 Å². The van der Waals surface area contributed by atoms with Crippen molar-refractivity contribution in [2.75, 3.05) is 29.1 Å². The molecule has 0 saturated carbocycles. The molecule has 0 aliphatic carbocycles. The number of nitrogens with one attached hydrogen (secondary N) is 1. The minimum atomic E-state index is -3.60. The summed E-state index contributed by atoms with van der Waals surface area (Å²) in [5, 5.41) is 2.79. The van der Waals surface area contributed by atoms with Crippen molar-refractivity contribution >= 4 is 27.3 Å². The predicted octanol–water partition coefficient (Wildman–Crippen LogP) is 3.82. The highest BCUT2D eigenvalue weighted by Crippen LogP contribution is 2.32. The van der Waals surface area contributed by atoms with Gasteiger partial charge in [-0.3, -0.25) is 9.10 Å². The van der Waals surface area contributed by atoms with Crippen LogP contribution >= 0.6 is 0 Å². The van der Waals surface area contributed by atoms with Gasteiger partial charge in [-0.1, -0.05) is 12.1 Å². The predicted molar refractivity (Wildman–Crippen MR) is 119 cm³/mol. The standard InChI is InChI=1S/C23H21FN2O5S/c1-32(28,29)26(15-16-2-6-18(24)7-3-16)20-9-4-17(5-10-20)23(27)25-19-8-11-21-22(14-19)31-13-12-30-21/h2-11,14H,12-13,15H2,1H3,(H,25,27). The van der Waals surface area contributed by atoms with Crippen molar-refractivity contribution in [1.29, 1.82) is 0 Å². The van der Waals surface area contributed by atoms with Crippen LogP contribution in [0.4, 0.5) is 15.8 Å². The van der Waals surface area contributed by atoms with Gasteiger partial charge in [-0.2, -0.15) is 0 Å². The van der Waals surface area contributed by atoms with Gasteiger partial charge in [0.2, 0.25) is 10.0 Å². The van der Waals surface area contributed by atoms with E-state index in [1.807, 2.05) is 0 Å². The summed E-state index contributed by atoms with van der Waals surface area (Å²) in [6.45, 7) is 0.971. The first kappa shape index (κ1) is 21.6. The Morgan fingerprint density at radius 2 is 1.62 bits per heavy atom. The zero-order valence-electron chi connectivity index (χ0n) is 17.2. The highest BCUT2D eigenvalue weighted by molar-refractivity contribution is 7.92. The fraction of sp³-hybridized carbons (Fsp3) is 0.174. The van der Waals surface area contributed by atoms with E-state index in [1.165, 1.54) is 28.6 Å². The lowest BCUT2D eigenvalue weighted by Crippen LogP contribution is -2.29. The van der Waals surface area contributed by atoms with Gasteiger partial charge in [-0.05, 0) is 54.1 Å². The number of hydrogen-bond donors (Lipinski definition) is 1. The number of nitrogens with zero attached hydrogens (tertiary/aromatic N) is 1. The number of anilines is 2.